The van der Waals surface area contributed by atoms with E-state index in [1.807, 2.05) is 6.92 Å². The van der Waals surface area contributed by atoms with Crippen molar-refractivity contribution in [2.45, 2.75) is 20.0 Å². The minimum Gasteiger partial charge on any atom is -0.493 e. The fourth-order valence-corrected chi connectivity index (χ4v) is 2.60. The first kappa shape index (κ1) is 20.3. The van der Waals surface area contributed by atoms with Gasteiger partial charge in [-0.15, -0.1) is 0 Å². The summed E-state index contributed by atoms with van der Waals surface area (Å²) in [7, 11) is 1.54. The molecule has 1 aliphatic rings. The van der Waals surface area contributed by atoms with E-state index in [1.54, 1.807) is 37.5 Å². The average Bonchev–Trinajstić information content (AvgIpc) is 3.06. The van der Waals surface area contributed by atoms with Crippen molar-refractivity contribution in [1.82, 2.24) is 0 Å². The summed E-state index contributed by atoms with van der Waals surface area (Å²) in [5, 5.41) is 0. The normalized spacial score (nSPS) is 14.7. The summed E-state index contributed by atoms with van der Waals surface area (Å²) in [4.78, 5) is 16.4. The molecular weight excluding hydrogens is 384 g/mol. The maximum absolute atomic E-state index is 12.4. The van der Waals surface area contributed by atoms with Crippen molar-refractivity contribution < 1.29 is 32.5 Å². The van der Waals surface area contributed by atoms with Crippen LogP contribution in [0.1, 0.15) is 24.5 Å². The van der Waals surface area contributed by atoms with Crippen molar-refractivity contribution >= 4 is 17.9 Å². The van der Waals surface area contributed by atoms with Gasteiger partial charge in [0.25, 0.3) is 0 Å². The van der Waals surface area contributed by atoms with Crippen molar-refractivity contribution in [2.75, 3.05) is 13.7 Å². The van der Waals surface area contributed by atoms with Crippen LogP contribution in [0.2, 0.25) is 0 Å². The number of halogens is 2. The molecule has 0 radical (unpaired) electrons. The van der Waals surface area contributed by atoms with Crippen LogP contribution in [0.3, 0.4) is 0 Å². The Morgan fingerprint density at radius 2 is 2.00 bits per heavy atom. The van der Waals surface area contributed by atoms with Crippen molar-refractivity contribution in [3.63, 3.8) is 0 Å². The summed E-state index contributed by atoms with van der Waals surface area (Å²) in [5.41, 5.74) is 1.09. The van der Waals surface area contributed by atoms with Crippen LogP contribution in [0, 0.1) is 0 Å². The lowest BCUT2D eigenvalue weighted by molar-refractivity contribution is -0.129. The number of benzene rings is 2. The van der Waals surface area contributed by atoms with Gasteiger partial charge in [-0.25, -0.2) is 9.79 Å². The van der Waals surface area contributed by atoms with E-state index in [0.29, 0.717) is 29.2 Å². The maximum atomic E-state index is 12.4. The molecule has 0 spiro atoms. The molecule has 0 bridgehead atoms. The highest BCUT2D eigenvalue weighted by atomic mass is 19.3. The van der Waals surface area contributed by atoms with E-state index in [-0.39, 0.29) is 17.3 Å². The van der Waals surface area contributed by atoms with E-state index in [0.717, 1.165) is 6.42 Å². The third-order valence-electron chi connectivity index (χ3n) is 3.88. The van der Waals surface area contributed by atoms with Crippen molar-refractivity contribution in [2.24, 2.45) is 4.99 Å². The fraction of sp³-hybridized carbons (Fsp3) is 0.238. The Kier molecular flexibility index (Phi) is 6.43. The van der Waals surface area contributed by atoms with E-state index in [1.165, 1.54) is 18.2 Å². The molecule has 152 valence electrons. The summed E-state index contributed by atoms with van der Waals surface area (Å²) < 4.78 is 45.3. The number of esters is 1. The SMILES string of the molecule is CCCOc1cc(/C=C2\N=C(c3cccc(OC(F)F)c3)OC2=O)ccc1OC. The zero-order chi connectivity index (χ0) is 20.8. The smallest absolute Gasteiger partial charge is 0.387 e. The number of carbonyl (C=O) groups excluding carboxylic acids is 1. The van der Waals surface area contributed by atoms with Crippen LogP contribution in [-0.4, -0.2) is 32.2 Å². The third kappa shape index (κ3) is 5.10. The van der Waals surface area contributed by atoms with Crippen molar-refractivity contribution in [3.8, 4) is 17.2 Å². The molecule has 6 nitrogen and oxygen atoms in total. The second-order valence-corrected chi connectivity index (χ2v) is 6.00. The van der Waals surface area contributed by atoms with Crippen molar-refractivity contribution in [3.05, 3.63) is 59.3 Å². The first-order valence-corrected chi connectivity index (χ1v) is 8.88. The molecule has 1 aliphatic heterocycles. The number of ether oxygens (including phenoxy) is 4. The van der Waals surface area contributed by atoms with Crippen LogP contribution < -0.4 is 14.2 Å². The first-order chi connectivity index (χ1) is 14.0. The fourth-order valence-electron chi connectivity index (χ4n) is 2.60. The van der Waals surface area contributed by atoms with Gasteiger partial charge < -0.3 is 18.9 Å². The topological polar surface area (TPSA) is 66.3 Å². The molecular formula is C21H19F2NO5. The van der Waals surface area contributed by atoms with Crippen LogP contribution in [0.5, 0.6) is 17.2 Å². The highest BCUT2D eigenvalue weighted by molar-refractivity contribution is 6.13. The Bertz CT molecular complexity index is 956. The van der Waals surface area contributed by atoms with Gasteiger partial charge in [0, 0.05) is 5.56 Å². The number of hydrogen-bond donors (Lipinski definition) is 0. The summed E-state index contributed by atoms with van der Waals surface area (Å²) in [6.45, 7) is -0.435. The van der Waals surface area contributed by atoms with E-state index in [2.05, 4.69) is 9.73 Å². The van der Waals surface area contributed by atoms with E-state index in [9.17, 15) is 13.6 Å². The zero-order valence-electron chi connectivity index (χ0n) is 15.9. The summed E-state index contributed by atoms with van der Waals surface area (Å²) in [5.74, 6) is 0.441. The lowest BCUT2D eigenvalue weighted by atomic mass is 10.1. The predicted molar refractivity (Wildman–Crippen MR) is 102 cm³/mol. The molecule has 0 atom stereocenters. The molecule has 0 saturated carbocycles. The van der Waals surface area contributed by atoms with Gasteiger partial charge in [0.05, 0.1) is 13.7 Å². The minimum absolute atomic E-state index is 0.0111. The van der Waals surface area contributed by atoms with Gasteiger partial charge in [0.2, 0.25) is 5.90 Å². The first-order valence-electron chi connectivity index (χ1n) is 8.88. The Morgan fingerprint density at radius 1 is 1.17 bits per heavy atom. The molecule has 0 N–H and O–H groups in total. The van der Waals surface area contributed by atoms with Gasteiger partial charge in [0.15, 0.2) is 17.2 Å². The zero-order valence-corrected chi connectivity index (χ0v) is 15.9. The number of methoxy groups -OCH3 is 1. The molecule has 1 heterocycles. The average molecular weight is 403 g/mol. The number of aliphatic imine (C=N–C) groups is 1. The standard InChI is InChI=1S/C21H19F2NO5/c1-3-9-27-18-11-13(7-8-17(18)26-2)10-16-20(25)29-19(24-16)14-5-4-6-15(12-14)28-21(22)23/h4-8,10-12,21H,3,9H2,1-2H3/b16-10-. The van der Waals surface area contributed by atoms with Gasteiger partial charge in [-0.05, 0) is 48.4 Å². The highest BCUT2D eigenvalue weighted by Gasteiger charge is 2.24. The van der Waals surface area contributed by atoms with Crippen LogP contribution in [0.4, 0.5) is 8.78 Å². The lowest BCUT2D eigenvalue weighted by Crippen LogP contribution is -2.07. The molecule has 0 aliphatic carbocycles. The second kappa shape index (κ2) is 9.18. The number of hydrogen-bond acceptors (Lipinski definition) is 6. The second-order valence-electron chi connectivity index (χ2n) is 6.00. The van der Waals surface area contributed by atoms with E-state index >= 15 is 0 Å². The summed E-state index contributed by atoms with van der Waals surface area (Å²) >= 11 is 0. The molecule has 2 aromatic carbocycles. The lowest BCUT2D eigenvalue weighted by Gasteiger charge is -2.10. The minimum atomic E-state index is -2.95. The molecule has 0 amide bonds. The Labute approximate surface area is 166 Å². The number of rotatable bonds is 8. The number of alkyl halides is 2. The molecule has 2 aromatic rings. The summed E-state index contributed by atoms with van der Waals surface area (Å²) in [6, 6.07) is 11.0. The van der Waals surface area contributed by atoms with Crippen LogP contribution in [0.15, 0.2) is 53.2 Å². The Morgan fingerprint density at radius 3 is 2.72 bits per heavy atom. The van der Waals surface area contributed by atoms with Crippen molar-refractivity contribution in [1.29, 1.82) is 0 Å². The van der Waals surface area contributed by atoms with Gasteiger partial charge >= 0.3 is 12.6 Å². The van der Waals surface area contributed by atoms with E-state index < -0.39 is 12.6 Å². The molecule has 0 fully saturated rings. The Hall–Kier alpha value is -3.42. The van der Waals surface area contributed by atoms with Gasteiger partial charge in [-0.3, -0.25) is 0 Å². The van der Waals surface area contributed by atoms with Gasteiger partial charge in [-0.2, -0.15) is 8.78 Å². The quantitative estimate of drug-likeness (QED) is 0.482. The highest BCUT2D eigenvalue weighted by Crippen LogP contribution is 2.30. The number of nitrogens with zero attached hydrogens (tertiary/aromatic N) is 1. The molecule has 3 rings (SSSR count). The molecule has 0 saturated heterocycles. The molecule has 0 aromatic heterocycles. The molecule has 8 heteroatoms. The van der Waals surface area contributed by atoms with Gasteiger partial charge in [-0.1, -0.05) is 19.1 Å². The molecule has 29 heavy (non-hydrogen) atoms. The monoisotopic (exact) mass is 403 g/mol. The van der Waals surface area contributed by atoms with Crippen LogP contribution >= 0.6 is 0 Å². The number of carbonyl (C=O) groups is 1. The summed E-state index contributed by atoms with van der Waals surface area (Å²) in [6.07, 6.45) is 2.38. The largest absolute Gasteiger partial charge is 0.493 e. The van der Waals surface area contributed by atoms with Crippen LogP contribution in [-0.2, 0) is 9.53 Å². The molecule has 0 unspecified atom stereocenters. The maximum Gasteiger partial charge on any atom is 0.387 e. The van der Waals surface area contributed by atoms with Gasteiger partial charge in [0.1, 0.15) is 5.75 Å². The predicted octanol–water partition coefficient (Wildman–Crippen LogP) is 4.43. The van der Waals surface area contributed by atoms with Crippen LogP contribution in [0.25, 0.3) is 6.08 Å². The van der Waals surface area contributed by atoms with E-state index in [4.69, 9.17) is 14.2 Å². The Balaban J connectivity index is 1.87. The third-order valence-corrected chi connectivity index (χ3v) is 3.88. The number of cyclic esters (lactones) is 1.